The van der Waals surface area contributed by atoms with Gasteiger partial charge in [0.05, 0.1) is 23.6 Å². The highest BCUT2D eigenvalue weighted by atomic mass is 32.2. The zero-order chi connectivity index (χ0) is 23.2. The Bertz CT molecular complexity index is 1190. The van der Waals surface area contributed by atoms with E-state index in [0.717, 1.165) is 48.4 Å². The molecule has 170 valence electrons. The molecule has 0 spiro atoms. The number of para-hydroxylation sites is 1. The average Bonchev–Trinajstić information content (AvgIpc) is 3.28. The molecule has 0 saturated heterocycles. The first-order valence-corrected chi connectivity index (χ1v) is 12.8. The molecule has 2 heterocycles. The summed E-state index contributed by atoms with van der Waals surface area (Å²) >= 11 is 2.70. The van der Waals surface area contributed by atoms with Crippen LogP contribution >= 0.6 is 23.1 Å². The van der Waals surface area contributed by atoms with Crippen LogP contribution < -0.4 is 10.1 Å². The molecule has 0 aliphatic heterocycles. The van der Waals surface area contributed by atoms with Gasteiger partial charge in [-0.1, -0.05) is 36.7 Å². The number of ether oxygens (including phenoxy) is 1. The van der Waals surface area contributed by atoms with Crippen molar-refractivity contribution in [2.75, 3.05) is 12.4 Å². The Labute approximate surface area is 202 Å². The number of aryl methyl sites for hydroxylation is 2. The van der Waals surface area contributed by atoms with Crippen molar-refractivity contribution in [2.24, 2.45) is 0 Å². The third kappa shape index (κ3) is 5.55. The number of nitriles is 1. The van der Waals surface area contributed by atoms with Crippen LogP contribution in [0.3, 0.4) is 0 Å². The highest BCUT2D eigenvalue weighted by Gasteiger charge is 2.21. The van der Waals surface area contributed by atoms with Crippen molar-refractivity contribution < 1.29 is 9.53 Å². The number of fused-ring (bicyclic) bond motifs is 1. The summed E-state index contributed by atoms with van der Waals surface area (Å²) in [5, 5.41) is 15.2. The van der Waals surface area contributed by atoms with E-state index in [1.807, 2.05) is 42.6 Å². The molecule has 8 heteroatoms. The number of carbonyl (C=O) groups is 1. The second-order valence-electron chi connectivity index (χ2n) is 7.96. The maximum absolute atomic E-state index is 12.9. The van der Waals surface area contributed by atoms with E-state index in [1.54, 1.807) is 7.11 Å². The van der Waals surface area contributed by atoms with Crippen LogP contribution in [-0.2, 0) is 17.6 Å². The number of hydrogen-bond donors (Lipinski definition) is 1. The van der Waals surface area contributed by atoms with Gasteiger partial charge >= 0.3 is 0 Å². The number of benzene rings is 1. The third-order valence-corrected chi connectivity index (χ3v) is 7.52. The lowest BCUT2D eigenvalue weighted by Crippen LogP contribution is -2.22. The number of aromatic nitrogens is 2. The van der Waals surface area contributed by atoms with Crippen molar-refractivity contribution in [3.8, 4) is 23.1 Å². The van der Waals surface area contributed by atoms with Crippen LogP contribution in [0.1, 0.15) is 49.4 Å². The predicted octanol–water partition coefficient (Wildman–Crippen LogP) is 5.86. The number of pyridine rings is 1. The molecule has 0 bridgehead atoms. The number of carbonyl (C=O) groups excluding carboxylic acids is 1. The summed E-state index contributed by atoms with van der Waals surface area (Å²) in [5.74, 6) is 0.567. The zero-order valence-corrected chi connectivity index (χ0v) is 20.4. The number of rotatable bonds is 6. The minimum absolute atomic E-state index is 0.168. The smallest absolute Gasteiger partial charge is 0.239 e. The van der Waals surface area contributed by atoms with E-state index in [-0.39, 0.29) is 5.91 Å². The quantitative estimate of drug-likeness (QED) is 0.446. The fourth-order valence-corrected chi connectivity index (χ4v) is 5.49. The van der Waals surface area contributed by atoms with Crippen LogP contribution in [0.4, 0.5) is 5.13 Å². The summed E-state index contributed by atoms with van der Waals surface area (Å²) in [5.41, 5.74) is 4.43. The van der Waals surface area contributed by atoms with E-state index in [1.165, 1.54) is 41.5 Å². The van der Waals surface area contributed by atoms with Gasteiger partial charge in [-0.3, -0.25) is 4.79 Å². The number of thioether (sulfide) groups is 1. The topological polar surface area (TPSA) is 87.9 Å². The summed E-state index contributed by atoms with van der Waals surface area (Å²) in [6, 6.07) is 11.9. The Morgan fingerprint density at radius 1 is 1.21 bits per heavy atom. The van der Waals surface area contributed by atoms with E-state index in [0.29, 0.717) is 15.7 Å². The van der Waals surface area contributed by atoms with Gasteiger partial charge in [-0.15, -0.1) is 11.3 Å². The molecule has 0 saturated carbocycles. The molecule has 1 amide bonds. The van der Waals surface area contributed by atoms with E-state index in [2.05, 4.69) is 16.4 Å². The molecule has 33 heavy (non-hydrogen) atoms. The number of thiazole rings is 1. The molecule has 0 fully saturated rings. The molecular formula is C25H26N4O2S2. The first-order chi connectivity index (χ1) is 16.1. The first-order valence-electron chi connectivity index (χ1n) is 11.1. The fourth-order valence-electron chi connectivity index (χ4n) is 3.88. The Morgan fingerprint density at radius 3 is 2.79 bits per heavy atom. The third-order valence-electron chi connectivity index (χ3n) is 5.66. The van der Waals surface area contributed by atoms with Crippen LogP contribution in [0, 0.1) is 11.3 Å². The van der Waals surface area contributed by atoms with E-state index in [4.69, 9.17) is 9.72 Å². The average molecular weight is 479 g/mol. The fraction of sp³-hybridized carbons (Fsp3) is 0.360. The minimum atomic E-state index is -0.421. The lowest BCUT2D eigenvalue weighted by Gasteiger charge is -2.16. The van der Waals surface area contributed by atoms with Gasteiger partial charge in [0.25, 0.3) is 0 Å². The molecular weight excluding hydrogens is 452 g/mol. The maximum atomic E-state index is 12.9. The van der Waals surface area contributed by atoms with Gasteiger partial charge in [-0.2, -0.15) is 5.26 Å². The highest BCUT2D eigenvalue weighted by molar-refractivity contribution is 8.00. The molecule has 1 aliphatic carbocycles. The largest absolute Gasteiger partial charge is 0.496 e. The summed E-state index contributed by atoms with van der Waals surface area (Å²) in [6.07, 6.45) is 6.59. The van der Waals surface area contributed by atoms with Crippen molar-refractivity contribution in [1.82, 2.24) is 9.97 Å². The van der Waals surface area contributed by atoms with Gasteiger partial charge < -0.3 is 10.1 Å². The van der Waals surface area contributed by atoms with Crippen LogP contribution in [0.15, 0.2) is 40.7 Å². The summed E-state index contributed by atoms with van der Waals surface area (Å²) < 4.78 is 5.41. The Hall–Kier alpha value is -2.89. The van der Waals surface area contributed by atoms with E-state index in [9.17, 15) is 10.1 Å². The molecule has 6 nitrogen and oxygen atoms in total. The monoisotopic (exact) mass is 478 g/mol. The van der Waals surface area contributed by atoms with Gasteiger partial charge in [-0.25, -0.2) is 9.97 Å². The second-order valence-corrected chi connectivity index (χ2v) is 10.1. The van der Waals surface area contributed by atoms with Crippen LogP contribution in [-0.4, -0.2) is 28.2 Å². The number of anilines is 1. The molecule has 4 rings (SSSR count). The SMILES string of the molecule is COc1ccccc1-c1csc(NC(=O)C(C)Sc2nc3c(cc2C#N)CCCCCC3)n1. The first kappa shape index (κ1) is 23.3. The summed E-state index contributed by atoms with van der Waals surface area (Å²) in [4.78, 5) is 22.2. The standard InChI is InChI=1S/C25H26N4O2S2/c1-16(33-24-18(14-26)13-17-9-5-3-4-6-11-20(17)27-24)23(30)29-25-28-21(15-32-25)19-10-7-8-12-22(19)31-2/h7-8,10,12-13,15-16H,3-6,9,11H2,1-2H3,(H,28,29,30). The minimum Gasteiger partial charge on any atom is -0.496 e. The van der Waals surface area contributed by atoms with Crippen LogP contribution in [0.25, 0.3) is 11.3 Å². The molecule has 1 aromatic carbocycles. The molecule has 1 N–H and O–H groups in total. The second kappa shape index (κ2) is 10.8. The number of amides is 1. The van der Waals surface area contributed by atoms with Crippen LogP contribution in [0.2, 0.25) is 0 Å². The van der Waals surface area contributed by atoms with Gasteiger partial charge in [0.2, 0.25) is 5.91 Å². The molecule has 2 aromatic heterocycles. The van der Waals surface area contributed by atoms with Crippen molar-refractivity contribution in [1.29, 1.82) is 5.26 Å². The molecule has 1 aliphatic rings. The number of methoxy groups -OCH3 is 1. The Morgan fingerprint density at radius 2 is 2.00 bits per heavy atom. The van der Waals surface area contributed by atoms with E-state index >= 15 is 0 Å². The summed E-state index contributed by atoms with van der Waals surface area (Å²) in [7, 11) is 1.63. The lowest BCUT2D eigenvalue weighted by molar-refractivity contribution is -0.115. The summed E-state index contributed by atoms with van der Waals surface area (Å²) in [6.45, 7) is 1.83. The number of hydrogen-bond acceptors (Lipinski definition) is 7. The molecule has 1 unspecified atom stereocenters. The number of nitrogens with one attached hydrogen (secondary N) is 1. The molecule has 3 aromatic rings. The van der Waals surface area contributed by atoms with Crippen LogP contribution in [0.5, 0.6) is 5.75 Å². The van der Waals surface area contributed by atoms with Crippen molar-refractivity contribution >= 4 is 34.1 Å². The normalized spacial score (nSPS) is 14.3. The lowest BCUT2D eigenvalue weighted by atomic mass is 9.96. The van der Waals surface area contributed by atoms with Gasteiger partial charge in [0.1, 0.15) is 16.8 Å². The van der Waals surface area contributed by atoms with E-state index < -0.39 is 5.25 Å². The van der Waals surface area contributed by atoms with Crippen molar-refractivity contribution in [3.63, 3.8) is 0 Å². The van der Waals surface area contributed by atoms with Gasteiger partial charge in [0, 0.05) is 16.6 Å². The van der Waals surface area contributed by atoms with Crippen molar-refractivity contribution in [3.05, 3.63) is 52.5 Å². The van der Waals surface area contributed by atoms with Crippen molar-refractivity contribution in [2.45, 2.75) is 55.7 Å². The Kier molecular flexibility index (Phi) is 7.63. The predicted molar refractivity (Wildman–Crippen MR) is 133 cm³/mol. The Balaban J connectivity index is 1.47. The highest BCUT2D eigenvalue weighted by Crippen LogP contribution is 2.33. The number of nitrogens with zero attached hydrogens (tertiary/aromatic N) is 3. The van der Waals surface area contributed by atoms with Gasteiger partial charge in [-0.05, 0) is 56.4 Å². The maximum Gasteiger partial charge on any atom is 0.239 e. The molecule has 0 radical (unpaired) electrons. The molecule has 1 atom stereocenters. The van der Waals surface area contributed by atoms with Gasteiger partial charge in [0.15, 0.2) is 5.13 Å². The zero-order valence-electron chi connectivity index (χ0n) is 18.8.